The van der Waals surface area contributed by atoms with Gasteiger partial charge >= 0.3 is 6.85 Å². The van der Waals surface area contributed by atoms with Crippen LogP contribution in [0, 0.1) is 6.92 Å². The zero-order valence-corrected chi connectivity index (χ0v) is 31.8. The maximum atomic E-state index is 6.61. The van der Waals surface area contributed by atoms with E-state index in [0.29, 0.717) is 0 Å². The maximum absolute atomic E-state index is 6.61. The number of aryl methyl sites for hydroxylation is 1. The first-order valence-electron chi connectivity index (χ1n) is 19.3. The van der Waals surface area contributed by atoms with Crippen LogP contribution in [0.2, 0.25) is 0 Å². The van der Waals surface area contributed by atoms with Crippen molar-refractivity contribution in [2.24, 2.45) is 0 Å². The molecule has 266 valence electrons. The zero-order chi connectivity index (χ0) is 37.6. The largest absolute Gasteiger partial charge is 0.456 e. The Morgan fingerprint density at radius 2 is 1.41 bits per heavy atom. The lowest BCUT2D eigenvalue weighted by molar-refractivity contribution is 0.669. The number of anilines is 4. The summed E-state index contributed by atoms with van der Waals surface area (Å²) in [5.74, 6) is 0. The number of hydrogen-bond acceptors (Lipinski definition) is 4. The van der Waals surface area contributed by atoms with Crippen LogP contribution in [0.25, 0.3) is 71.8 Å². The van der Waals surface area contributed by atoms with Crippen LogP contribution in [0.5, 0.6) is 0 Å². The van der Waals surface area contributed by atoms with Crippen molar-refractivity contribution in [1.29, 1.82) is 0 Å². The Hall–Kier alpha value is -6.92. The quantitative estimate of drug-likeness (QED) is 0.170. The highest BCUT2D eigenvalue weighted by Gasteiger charge is 2.45. The first kappa shape index (κ1) is 31.4. The van der Waals surface area contributed by atoms with E-state index in [1.165, 1.54) is 60.7 Å². The maximum Gasteiger partial charge on any atom is 0.333 e. The smallest absolute Gasteiger partial charge is 0.333 e. The SMILES string of the molecule is C=C1C=C(c2ccccc2)N(C)c2cc3c(cc21)B1c2c(cc(C)c4c5ccccc5n-3c24)-c2cc3c(cc2N1c1ccc(N(C)C)cc1)oc1ccccc13. The van der Waals surface area contributed by atoms with Crippen LogP contribution in [0.3, 0.4) is 0 Å². The number of furan rings is 1. The Bertz CT molecular complexity index is 3220. The topological polar surface area (TPSA) is 27.8 Å². The average Bonchev–Trinajstić information content (AvgIpc) is 3.77. The van der Waals surface area contributed by atoms with Crippen LogP contribution in [0.1, 0.15) is 16.7 Å². The van der Waals surface area contributed by atoms with Gasteiger partial charge in [-0.25, -0.2) is 0 Å². The first-order chi connectivity index (χ1) is 27.4. The number of nitrogens with zero attached hydrogens (tertiary/aromatic N) is 4. The van der Waals surface area contributed by atoms with E-state index in [1.807, 2.05) is 0 Å². The number of benzene rings is 7. The predicted octanol–water partition coefficient (Wildman–Crippen LogP) is 10.8. The molecule has 0 fully saturated rings. The van der Waals surface area contributed by atoms with Gasteiger partial charge in [0.2, 0.25) is 0 Å². The molecule has 0 spiro atoms. The van der Waals surface area contributed by atoms with Crippen LogP contribution < -0.4 is 25.5 Å². The fourth-order valence-electron chi connectivity index (χ4n) is 9.97. The van der Waals surface area contributed by atoms with Crippen molar-refractivity contribution in [1.82, 2.24) is 4.57 Å². The van der Waals surface area contributed by atoms with Crippen LogP contribution in [0.4, 0.5) is 22.7 Å². The van der Waals surface area contributed by atoms with Gasteiger partial charge in [-0.2, -0.15) is 0 Å². The van der Waals surface area contributed by atoms with Crippen LogP contribution in [0.15, 0.2) is 151 Å². The van der Waals surface area contributed by atoms with Gasteiger partial charge in [-0.15, -0.1) is 0 Å². The second-order valence-corrected chi connectivity index (χ2v) is 15.8. The molecule has 9 aromatic rings. The van der Waals surface area contributed by atoms with Crippen molar-refractivity contribution in [2.75, 3.05) is 35.8 Å². The summed E-state index contributed by atoms with van der Waals surface area (Å²) >= 11 is 0. The van der Waals surface area contributed by atoms with E-state index in [2.05, 4.69) is 193 Å². The Kier molecular flexibility index (Phi) is 6.22. The molecule has 5 heterocycles. The third-order valence-corrected chi connectivity index (χ3v) is 12.5. The van der Waals surface area contributed by atoms with Crippen molar-refractivity contribution in [2.45, 2.75) is 6.92 Å². The molecule has 12 rings (SSSR count). The first-order valence-corrected chi connectivity index (χ1v) is 19.3. The Labute approximate surface area is 325 Å². The number of hydrogen-bond donors (Lipinski definition) is 0. The summed E-state index contributed by atoms with van der Waals surface area (Å²) in [6.45, 7) is 6.85. The van der Waals surface area contributed by atoms with Gasteiger partial charge in [0.05, 0.1) is 16.7 Å². The molecule has 56 heavy (non-hydrogen) atoms. The second-order valence-electron chi connectivity index (χ2n) is 15.8. The average molecular weight is 721 g/mol. The number of para-hydroxylation sites is 2. The molecule has 7 aromatic carbocycles. The van der Waals surface area contributed by atoms with Gasteiger partial charge in [-0.3, -0.25) is 0 Å². The molecule has 0 atom stereocenters. The molecule has 0 aliphatic carbocycles. The molecule has 0 saturated heterocycles. The van der Waals surface area contributed by atoms with Gasteiger partial charge in [-0.1, -0.05) is 85.4 Å². The molecule has 0 N–H and O–H groups in total. The second kappa shape index (κ2) is 11.1. The summed E-state index contributed by atoms with van der Waals surface area (Å²) in [6.07, 6.45) is 2.24. The molecule has 3 aliphatic heterocycles. The van der Waals surface area contributed by atoms with Gasteiger partial charge in [-0.05, 0) is 94.7 Å². The van der Waals surface area contributed by atoms with Gasteiger partial charge in [0, 0.05) is 88.3 Å². The standard InChI is InChI=1S/C50H37BN4O/c1-29-24-42(31-13-7-6-8-14-31)53(5)43-27-45-40(26-36(29)43)51-49-39(23-30(2)48-35-16-9-11-17-41(35)54(45)50(48)49)37-25-38-34-15-10-12-18-46(34)56-47(38)28-44(37)55(51)33-21-19-32(20-22-33)52(3)4/h6-28H,1H2,2-5H3. The van der Waals surface area contributed by atoms with Crippen LogP contribution >= 0.6 is 0 Å². The molecule has 0 bridgehead atoms. The van der Waals surface area contributed by atoms with Crippen molar-refractivity contribution in [3.05, 3.63) is 163 Å². The monoisotopic (exact) mass is 720 g/mol. The lowest BCUT2D eigenvalue weighted by atomic mass is 9.43. The molecule has 0 radical (unpaired) electrons. The van der Waals surface area contributed by atoms with E-state index in [-0.39, 0.29) is 6.85 Å². The molecule has 5 nitrogen and oxygen atoms in total. The summed E-state index contributed by atoms with van der Waals surface area (Å²) in [5.41, 5.74) is 20.9. The highest BCUT2D eigenvalue weighted by atomic mass is 16.3. The lowest BCUT2D eigenvalue weighted by Crippen LogP contribution is -2.60. The zero-order valence-electron chi connectivity index (χ0n) is 31.8. The number of aromatic nitrogens is 1. The minimum absolute atomic E-state index is 0.123. The van der Waals surface area contributed by atoms with Crippen molar-refractivity contribution in [3.8, 4) is 16.8 Å². The molecule has 0 saturated carbocycles. The fraction of sp³-hybridized carbons (Fsp3) is 0.0800. The fourth-order valence-corrected chi connectivity index (χ4v) is 9.97. The van der Waals surface area contributed by atoms with Gasteiger partial charge in [0.25, 0.3) is 0 Å². The van der Waals surface area contributed by atoms with E-state index >= 15 is 0 Å². The van der Waals surface area contributed by atoms with Gasteiger partial charge in [0.15, 0.2) is 0 Å². The van der Waals surface area contributed by atoms with E-state index in [9.17, 15) is 0 Å². The summed E-state index contributed by atoms with van der Waals surface area (Å²) in [6, 6.07) is 49.0. The van der Waals surface area contributed by atoms with Crippen molar-refractivity contribution < 1.29 is 4.42 Å². The molecule has 6 heteroatoms. The molecule has 0 unspecified atom stereocenters. The minimum atomic E-state index is -0.123. The molecule has 0 amide bonds. The summed E-state index contributed by atoms with van der Waals surface area (Å²) in [4.78, 5) is 7.07. The van der Waals surface area contributed by atoms with E-state index in [0.717, 1.165) is 61.5 Å². The Balaban J connectivity index is 1.22. The summed E-state index contributed by atoms with van der Waals surface area (Å²) in [5, 5.41) is 4.87. The Morgan fingerprint density at radius 1 is 0.661 bits per heavy atom. The molecule has 3 aliphatic rings. The molecular formula is C50H37BN4O. The highest BCUT2D eigenvalue weighted by Crippen LogP contribution is 2.49. The predicted molar refractivity (Wildman–Crippen MR) is 238 cm³/mol. The Morgan fingerprint density at radius 3 is 2.21 bits per heavy atom. The number of rotatable bonds is 3. The number of fused-ring (bicyclic) bond motifs is 12. The third-order valence-electron chi connectivity index (χ3n) is 12.5. The molecular weight excluding hydrogens is 683 g/mol. The van der Waals surface area contributed by atoms with E-state index in [1.54, 1.807) is 0 Å². The summed E-state index contributed by atoms with van der Waals surface area (Å²) in [7, 11) is 6.38. The third kappa shape index (κ3) is 4.05. The van der Waals surface area contributed by atoms with Gasteiger partial charge < -0.3 is 23.6 Å². The van der Waals surface area contributed by atoms with E-state index in [4.69, 9.17) is 4.42 Å². The van der Waals surface area contributed by atoms with Crippen molar-refractivity contribution in [3.63, 3.8) is 0 Å². The minimum Gasteiger partial charge on any atom is -0.456 e. The number of allylic oxidation sites excluding steroid dienone is 2. The summed E-state index contributed by atoms with van der Waals surface area (Å²) < 4.78 is 9.17. The molecule has 2 aromatic heterocycles. The normalized spacial score (nSPS) is 14.1. The lowest BCUT2D eigenvalue weighted by Gasteiger charge is -2.43. The van der Waals surface area contributed by atoms with Crippen LogP contribution in [-0.4, -0.2) is 32.6 Å². The van der Waals surface area contributed by atoms with Crippen LogP contribution in [-0.2, 0) is 0 Å². The van der Waals surface area contributed by atoms with E-state index < -0.39 is 0 Å². The highest BCUT2D eigenvalue weighted by molar-refractivity contribution is 6.93. The van der Waals surface area contributed by atoms with Gasteiger partial charge in [0.1, 0.15) is 11.2 Å². The van der Waals surface area contributed by atoms with Crippen molar-refractivity contribution >= 4 is 95.5 Å².